The maximum atomic E-state index is 10.4. The number of carbonyl (C=O) groups is 1. The third-order valence-electron chi connectivity index (χ3n) is 3.18. The Hall–Kier alpha value is -1.91. The van der Waals surface area contributed by atoms with E-state index >= 15 is 0 Å². The van der Waals surface area contributed by atoms with Crippen LogP contribution in [-0.2, 0) is 4.79 Å². The van der Waals surface area contributed by atoms with Crippen molar-refractivity contribution in [2.75, 3.05) is 0 Å². The highest BCUT2D eigenvalue weighted by atomic mass is 16.4. The van der Waals surface area contributed by atoms with Gasteiger partial charge in [0.05, 0.1) is 12.2 Å². The minimum absolute atomic E-state index is 0.00152. The number of aliphatic carboxylic acids is 1. The fraction of sp³-hybridized carbons (Fsp3) is 0.450. The van der Waals surface area contributed by atoms with Crippen molar-refractivity contribution in [1.82, 2.24) is 0 Å². The van der Waals surface area contributed by atoms with Gasteiger partial charge in [0.15, 0.2) is 0 Å². The average molecular weight is 334 g/mol. The number of aliphatic hydroxyl groups is 2. The molecule has 0 rings (SSSR count). The molecule has 24 heavy (non-hydrogen) atoms. The van der Waals surface area contributed by atoms with Crippen LogP contribution in [0, 0.1) is 0 Å². The van der Waals surface area contributed by atoms with Crippen LogP contribution >= 0.6 is 0 Å². The van der Waals surface area contributed by atoms with E-state index in [4.69, 9.17) is 5.11 Å². The first-order valence-electron chi connectivity index (χ1n) is 8.45. The lowest BCUT2D eigenvalue weighted by atomic mass is 10.1. The van der Waals surface area contributed by atoms with E-state index in [1.54, 1.807) is 12.2 Å². The van der Waals surface area contributed by atoms with Crippen LogP contribution in [0.1, 0.15) is 45.4 Å². The van der Waals surface area contributed by atoms with Gasteiger partial charge in [-0.2, -0.15) is 0 Å². The molecule has 0 aliphatic rings. The first kappa shape index (κ1) is 22.1. The van der Waals surface area contributed by atoms with Gasteiger partial charge < -0.3 is 15.3 Å². The molecule has 0 saturated carbocycles. The lowest BCUT2D eigenvalue weighted by molar-refractivity contribution is -0.137. The summed E-state index contributed by atoms with van der Waals surface area (Å²) >= 11 is 0. The van der Waals surface area contributed by atoms with E-state index in [9.17, 15) is 15.0 Å². The van der Waals surface area contributed by atoms with Gasteiger partial charge in [-0.1, -0.05) is 67.7 Å². The summed E-state index contributed by atoms with van der Waals surface area (Å²) in [5, 5.41) is 27.9. The maximum absolute atomic E-state index is 10.4. The van der Waals surface area contributed by atoms with Crippen LogP contribution in [0.25, 0.3) is 0 Å². The van der Waals surface area contributed by atoms with Crippen molar-refractivity contribution in [3.63, 3.8) is 0 Å². The van der Waals surface area contributed by atoms with Gasteiger partial charge in [0.2, 0.25) is 0 Å². The van der Waals surface area contributed by atoms with Gasteiger partial charge in [-0.3, -0.25) is 4.79 Å². The molecular formula is C20H30O4. The Morgan fingerprint density at radius 3 is 2.21 bits per heavy atom. The molecule has 0 aliphatic heterocycles. The van der Waals surface area contributed by atoms with Gasteiger partial charge in [-0.05, 0) is 32.1 Å². The third kappa shape index (κ3) is 15.0. The largest absolute Gasteiger partial charge is 0.481 e. The predicted molar refractivity (Wildman–Crippen MR) is 98.7 cm³/mol. The quantitative estimate of drug-likeness (QED) is 0.352. The number of hydrogen-bond acceptors (Lipinski definition) is 3. The predicted octanol–water partition coefficient (Wildman–Crippen LogP) is 3.93. The lowest BCUT2D eigenvalue weighted by Gasteiger charge is -2.13. The number of rotatable bonds is 13. The van der Waals surface area contributed by atoms with Gasteiger partial charge in [0.1, 0.15) is 0 Å². The first-order chi connectivity index (χ1) is 11.6. The highest BCUT2D eigenvalue weighted by Gasteiger charge is 2.12. The molecular weight excluding hydrogens is 304 g/mol. The molecule has 0 aliphatic carbocycles. The lowest BCUT2D eigenvalue weighted by Crippen LogP contribution is -2.23. The molecule has 0 amide bonds. The molecule has 134 valence electrons. The zero-order chi connectivity index (χ0) is 18.0. The number of carboxylic acid groups (broad SMARTS) is 1. The zero-order valence-corrected chi connectivity index (χ0v) is 14.4. The summed E-state index contributed by atoms with van der Waals surface area (Å²) in [6.45, 7) is 2.11. The summed E-state index contributed by atoms with van der Waals surface area (Å²) in [4.78, 5) is 10.4. The molecule has 4 nitrogen and oxygen atoms in total. The van der Waals surface area contributed by atoms with Crippen molar-refractivity contribution in [1.29, 1.82) is 0 Å². The SMILES string of the molecule is CC/C=C\C/C=C\C\C=C/C=C/C=C/[C@@H](O)[C@@H](O)CCCC(=O)O. The summed E-state index contributed by atoms with van der Waals surface area (Å²) < 4.78 is 0. The Labute approximate surface area is 145 Å². The third-order valence-corrected chi connectivity index (χ3v) is 3.18. The van der Waals surface area contributed by atoms with Crippen molar-refractivity contribution in [3.8, 4) is 0 Å². The van der Waals surface area contributed by atoms with Crippen molar-refractivity contribution >= 4 is 5.97 Å². The smallest absolute Gasteiger partial charge is 0.303 e. The molecule has 0 aromatic rings. The first-order valence-corrected chi connectivity index (χ1v) is 8.45. The van der Waals surface area contributed by atoms with E-state index in [0.717, 1.165) is 19.3 Å². The molecule has 0 saturated heterocycles. The van der Waals surface area contributed by atoms with Crippen LogP contribution in [0.5, 0.6) is 0 Å². The van der Waals surface area contributed by atoms with E-state index in [1.807, 2.05) is 18.2 Å². The Kier molecular flexibility index (Phi) is 14.7. The minimum atomic E-state index is -0.980. The second kappa shape index (κ2) is 16.0. The van der Waals surface area contributed by atoms with Gasteiger partial charge in [-0.25, -0.2) is 0 Å². The fourth-order valence-electron chi connectivity index (χ4n) is 1.84. The molecule has 0 bridgehead atoms. The normalized spacial score (nSPS) is 15.5. The summed E-state index contributed by atoms with van der Waals surface area (Å²) in [6, 6.07) is 0. The van der Waals surface area contributed by atoms with Crippen LogP contribution in [0.2, 0.25) is 0 Å². The Balaban J connectivity index is 3.87. The van der Waals surface area contributed by atoms with Crippen molar-refractivity contribution in [3.05, 3.63) is 60.8 Å². The monoisotopic (exact) mass is 334 g/mol. The number of aliphatic hydroxyl groups excluding tert-OH is 2. The minimum Gasteiger partial charge on any atom is -0.481 e. The Morgan fingerprint density at radius 1 is 0.917 bits per heavy atom. The number of allylic oxidation sites excluding steroid dienone is 9. The van der Waals surface area contributed by atoms with E-state index < -0.39 is 18.2 Å². The molecule has 0 spiro atoms. The van der Waals surface area contributed by atoms with Crippen molar-refractivity contribution in [2.24, 2.45) is 0 Å². The standard InChI is InChI=1S/C20H30O4/c1-2-3-4-5-6-7-8-9-10-11-12-13-15-18(21)19(22)16-14-17-20(23)24/h3-4,6-7,9-13,15,18-19,21-22H,2,5,8,14,16-17H2,1H3,(H,23,24)/b4-3-,7-6-,10-9-,12-11+,15-13+/t18-,19+/m1/s1. The molecule has 0 fully saturated rings. The van der Waals surface area contributed by atoms with Gasteiger partial charge in [0, 0.05) is 6.42 Å². The van der Waals surface area contributed by atoms with Gasteiger partial charge in [-0.15, -0.1) is 0 Å². The van der Waals surface area contributed by atoms with Crippen molar-refractivity contribution in [2.45, 2.75) is 57.7 Å². The molecule has 0 radical (unpaired) electrons. The van der Waals surface area contributed by atoms with E-state index in [2.05, 4.69) is 31.2 Å². The second-order valence-electron chi connectivity index (χ2n) is 5.36. The van der Waals surface area contributed by atoms with Gasteiger partial charge >= 0.3 is 5.97 Å². The second-order valence-corrected chi connectivity index (χ2v) is 5.36. The topological polar surface area (TPSA) is 77.8 Å². The maximum Gasteiger partial charge on any atom is 0.303 e. The molecule has 2 atom stereocenters. The van der Waals surface area contributed by atoms with E-state index in [1.165, 1.54) is 6.08 Å². The van der Waals surface area contributed by atoms with Crippen LogP contribution in [0.4, 0.5) is 0 Å². The fourth-order valence-corrected chi connectivity index (χ4v) is 1.84. The number of carboxylic acids is 1. The van der Waals surface area contributed by atoms with Crippen LogP contribution < -0.4 is 0 Å². The highest BCUT2D eigenvalue weighted by Crippen LogP contribution is 2.06. The highest BCUT2D eigenvalue weighted by molar-refractivity contribution is 5.66. The van der Waals surface area contributed by atoms with Crippen LogP contribution in [0.15, 0.2) is 60.8 Å². The summed E-state index contributed by atoms with van der Waals surface area (Å²) in [6.07, 6.45) is 20.9. The molecule has 0 unspecified atom stereocenters. The van der Waals surface area contributed by atoms with Gasteiger partial charge in [0.25, 0.3) is 0 Å². The molecule has 4 heteroatoms. The molecule has 3 N–H and O–H groups in total. The van der Waals surface area contributed by atoms with Crippen LogP contribution in [-0.4, -0.2) is 33.5 Å². The van der Waals surface area contributed by atoms with E-state index in [-0.39, 0.29) is 12.8 Å². The Bertz CT molecular complexity index is 458. The molecule has 0 aromatic carbocycles. The zero-order valence-electron chi connectivity index (χ0n) is 14.4. The number of hydrogen-bond donors (Lipinski definition) is 3. The van der Waals surface area contributed by atoms with Crippen molar-refractivity contribution < 1.29 is 20.1 Å². The molecule has 0 aromatic heterocycles. The van der Waals surface area contributed by atoms with Crippen LogP contribution in [0.3, 0.4) is 0 Å². The van der Waals surface area contributed by atoms with E-state index in [0.29, 0.717) is 6.42 Å². The summed E-state index contributed by atoms with van der Waals surface area (Å²) in [5.41, 5.74) is 0. The molecule has 0 heterocycles. The summed E-state index contributed by atoms with van der Waals surface area (Å²) in [5.74, 6) is -0.894. The Morgan fingerprint density at radius 2 is 1.54 bits per heavy atom. The summed E-state index contributed by atoms with van der Waals surface area (Å²) in [7, 11) is 0. The average Bonchev–Trinajstić information content (AvgIpc) is 2.55.